The van der Waals surface area contributed by atoms with E-state index in [4.69, 9.17) is 14.2 Å². The van der Waals surface area contributed by atoms with E-state index in [9.17, 15) is 0 Å². The minimum absolute atomic E-state index is 0.220. The molecule has 0 N–H and O–H groups in total. The normalized spacial score (nSPS) is 25.4. The van der Waals surface area contributed by atoms with Gasteiger partial charge in [-0.1, -0.05) is 109 Å². The smallest absolute Gasteiger partial charge is 0.183 e. The molecule has 1 aliphatic carbocycles. The molecule has 34 heavy (non-hydrogen) atoms. The van der Waals surface area contributed by atoms with Crippen molar-refractivity contribution in [2.45, 2.75) is 123 Å². The Hall–Kier alpha value is -1.06. The second-order valence-electron chi connectivity index (χ2n) is 11.0. The zero-order chi connectivity index (χ0) is 23.8. The molecule has 0 spiro atoms. The summed E-state index contributed by atoms with van der Waals surface area (Å²) in [4.78, 5) is 0. The highest BCUT2D eigenvalue weighted by Crippen LogP contribution is 2.34. The van der Waals surface area contributed by atoms with Crippen LogP contribution in [-0.2, 0) is 9.47 Å². The standard InChI is InChI=1S/C31H52O3/c1-3-5-7-8-10-13-28-24-33-31(34-25-28)29-19-21-30(22-20-29)32-23-11-14-27-17-15-26(16-18-27)12-9-6-4-2/h19-22,26-28,31H,3-18,23-25H2,1-2H3/t26-,27-,28-,31-. The van der Waals surface area contributed by atoms with E-state index >= 15 is 0 Å². The van der Waals surface area contributed by atoms with Gasteiger partial charge in [-0.3, -0.25) is 0 Å². The molecule has 1 aromatic carbocycles. The van der Waals surface area contributed by atoms with Crippen molar-refractivity contribution in [1.29, 1.82) is 0 Å². The maximum Gasteiger partial charge on any atom is 0.183 e. The Labute approximate surface area is 210 Å². The van der Waals surface area contributed by atoms with E-state index in [-0.39, 0.29) is 6.29 Å². The molecule has 1 saturated heterocycles. The van der Waals surface area contributed by atoms with Crippen LogP contribution in [0.1, 0.15) is 128 Å². The summed E-state index contributed by atoms with van der Waals surface area (Å²) < 4.78 is 18.1. The predicted octanol–water partition coefficient (Wildman–Crippen LogP) is 9.25. The number of unbranched alkanes of at least 4 members (excludes halogenated alkanes) is 6. The molecular formula is C31H52O3. The third kappa shape index (κ3) is 10.3. The molecule has 1 saturated carbocycles. The summed E-state index contributed by atoms with van der Waals surface area (Å²) in [5.74, 6) is 3.45. The molecule has 3 heteroatoms. The van der Waals surface area contributed by atoms with Crippen LogP contribution < -0.4 is 4.74 Å². The molecule has 1 aromatic rings. The van der Waals surface area contributed by atoms with Gasteiger partial charge in [0.05, 0.1) is 19.8 Å². The molecule has 3 nitrogen and oxygen atoms in total. The average Bonchev–Trinajstić information content (AvgIpc) is 2.88. The van der Waals surface area contributed by atoms with Gasteiger partial charge in [-0.15, -0.1) is 0 Å². The second kappa shape index (κ2) is 16.6. The van der Waals surface area contributed by atoms with Crippen molar-refractivity contribution in [2.75, 3.05) is 19.8 Å². The van der Waals surface area contributed by atoms with Crippen molar-refractivity contribution in [3.8, 4) is 5.75 Å². The Morgan fingerprint density at radius 3 is 1.82 bits per heavy atom. The van der Waals surface area contributed by atoms with Gasteiger partial charge < -0.3 is 14.2 Å². The highest BCUT2D eigenvalue weighted by molar-refractivity contribution is 5.28. The van der Waals surface area contributed by atoms with Crippen molar-refractivity contribution in [2.24, 2.45) is 17.8 Å². The first-order chi connectivity index (χ1) is 16.8. The number of ether oxygens (including phenoxy) is 3. The molecule has 0 amide bonds. The van der Waals surface area contributed by atoms with Crippen LogP contribution in [0.3, 0.4) is 0 Å². The monoisotopic (exact) mass is 472 g/mol. The predicted molar refractivity (Wildman–Crippen MR) is 142 cm³/mol. The molecule has 0 atom stereocenters. The molecule has 0 bridgehead atoms. The van der Waals surface area contributed by atoms with Gasteiger partial charge in [0.25, 0.3) is 0 Å². The first-order valence-electron chi connectivity index (χ1n) is 14.7. The summed E-state index contributed by atoms with van der Waals surface area (Å²) in [6.45, 7) is 7.03. The first-order valence-corrected chi connectivity index (χ1v) is 14.7. The van der Waals surface area contributed by atoms with E-state index in [1.165, 1.54) is 103 Å². The molecule has 1 heterocycles. The Balaban J connectivity index is 1.24. The van der Waals surface area contributed by atoms with Crippen molar-refractivity contribution >= 4 is 0 Å². The van der Waals surface area contributed by atoms with E-state index in [2.05, 4.69) is 38.1 Å². The minimum atomic E-state index is -0.220. The molecular weight excluding hydrogens is 420 g/mol. The Morgan fingerprint density at radius 1 is 0.647 bits per heavy atom. The van der Waals surface area contributed by atoms with Crippen LogP contribution >= 0.6 is 0 Å². The van der Waals surface area contributed by atoms with E-state index < -0.39 is 0 Å². The fourth-order valence-electron chi connectivity index (χ4n) is 5.71. The zero-order valence-corrected chi connectivity index (χ0v) is 22.3. The van der Waals surface area contributed by atoms with Gasteiger partial charge >= 0.3 is 0 Å². The largest absolute Gasteiger partial charge is 0.494 e. The molecule has 0 aromatic heterocycles. The van der Waals surface area contributed by atoms with E-state index in [0.717, 1.165) is 43.0 Å². The summed E-state index contributed by atoms with van der Waals surface area (Å²) in [6.07, 6.45) is 21.6. The Bertz CT molecular complexity index is 612. The molecule has 2 aliphatic rings. The van der Waals surface area contributed by atoms with Crippen LogP contribution in [0.4, 0.5) is 0 Å². The highest BCUT2D eigenvalue weighted by atomic mass is 16.7. The lowest BCUT2D eigenvalue weighted by Crippen LogP contribution is -2.27. The number of hydrogen-bond donors (Lipinski definition) is 0. The maximum atomic E-state index is 6.03. The van der Waals surface area contributed by atoms with Gasteiger partial charge in [-0.2, -0.15) is 0 Å². The van der Waals surface area contributed by atoms with Crippen molar-refractivity contribution in [3.05, 3.63) is 29.8 Å². The summed E-state index contributed by atoms with van der Waals surface area (Å²) in [5.41, 5.74) is 1.10. The van der Waals surface area contributed by atoms with Gasteiger partial charge in [0.2, 0.25) is 0 Å². The molecule has 0 radical (unpaired) electrons. The van der Waals surface area contributed by atoms with Gasteiger partial charge in [0.15, 0.2) is 6.29 Å². The van der Waals surface area contributed by atoms with Crippen LogP contribution in [-0.4, -0.2) is 19.8 Å². The Kier molecular flexibility index (Phi) is 13.4. The topological polar surface area (TPSA) is 27.7 Å². The van der Waals surface area contributed by atoms with Gasteiger partial charge in [-0.25, -0.2) is 0 Å². The van der Waals surface area contributed by atoms with E-state index in [1.807, 2.05) is 0 Å². The van der Waals surface area contributed by atoms with Crippen LogP contribution in [0, 0.1) is 17.8 Å². The SMILES string of the molecule is CCCCCCC[C@H]1CO[C@H](c2ccc(OCCC[C@H]3CC[C@H](CCCCC)CC3)cc2)OC1. The van der Waals surface area contributed by atoms with Crippen LogP contribution in [0.2, 0.25) is 0 Å². The summed E-state index contributed by atoms with van der Waals surface area (Å²) in [7, 11) is 0. The zero-order valence-electron chi connectivity index (χ0n) is 22.3. The third-order valence-electron chi connectivity index (χ3n) is 8.04. The van der Waals surface area contributed by atoms with Crippen LogP contribution in [0.25, 0.3) is 0 Å². The van der Waals surface area contributed by atoms with Crippen molar-refractivity contribution in [1.82, 2.24) is 0 Å². The number of rotatable bonds is 16. The molecule has 3 rings (SSSR count). The number of hydrogen-bond acceptors (Lipinski definition) is 3. The van der Waals surface area contributed by atoms with E-state index in [1.54, 1.807) is 0 Å². The second-order valence-corrected chi connectivity index (χ2v) is 11.0. The quantitative estimate of drug-likeness (QED) is 0.224. The lowest BCUT2D eigenvalue weighted by molar-refractivity contribution is -0.206. The lowest BCUT2D eigenvalue weighted by atomic mass is 9.78. The van der Waals surface area contributed by atoms with Gasteiger partial charge in [0, 0.05) is 11.5 Å². The molecule has 0 unspecified atom stereocenters. The van der Waals surface area contributed by atoms with Gasteiger partial charge in [-0.05, 0) is 43.2 Å². The average molecular weight is 473 g/mol. The molecule has 1 aliphatic heterocycles. The third-order valence-corrected chi connectivity index (χ3v) is 8.04. The Morgan fingerprint density at radius 2 is 1.18 bits per heavy atom. The van der Waals surface area contributed by atoms with Crippen LogP contribution in [0.15, 0.2) is 24.3 Å². The summed E-state index contributed by atoms with van der Waals surface area (Å²) in [6, 6.07) is 8.35. The lowest BCUT2D eigenvalue weighted by Gasteiger charge is -2.29. The molecule has 2 fully saturated rings. The maximum absolute atomic E-state index is 6.03. The fraction of sp³-hybridized carbons (Fsp3) is 0.806. The summed E-state index contributed by atoms with van der Waals surface area (Å²) in [5, 5.41) is 0. The fourth-order valence-corrected chi connectivity index (χ4v) is 5.71. The van der Waals surface area contributed by atoms with E-state index in [0.29, 0.717) is 5.92 Å². The first kappa shape index (κ1) is 27.5. The molecule has 194 valence electrons. The van der Waals surface area contributed by atoms with Crippen molar-refractivity contribution < 1.29 is 14.2 Å². The van der Waals surface area contributed by atoms with Crippen LogP contribution in [0.5, 0.6) is 5.75 Å². The van der Waals surface area contributed by atoms with Gasteiger partial charge in [0.1, 0.15) is 5.75 Å². The minimum Gasteiger partial charge on any atom is -0.494 e. The van der Waals surface area contributed by atoms with Crippen molar-refractivity contribution in [3.63, 3.8) is 0 Å². The number of benzene rings is 1. The summed E-state index contributed by atoms with van der Waals surface area (Å²) >= 11 is 0. The highest BCUT2D eigenvalue weighted by Gasteiger charge is 2.23.